The first-order valence-electron chi connectivity index (χ1n) is 6.45. The molecular weight excluding hydrogens is 260 g/mol. The van der Waals surface area contributed by atoms with Crippen molar-refractivity contribution < 1.29 is 9.59 Å². The second-order valence-electron chi connectivity index (χ2n) is 4.42. The summed E-state index contributed by atoms with van der Waals surface area (Å²) in [5, 5.41) is 2.76. The lowest BCUT2D eigenvalue weighted by Gasteiger charge is -2.32. The number of carbonyl (C=O) groups is 2. The van der Waals surface area contributed by atoms with E-state index in [1.165, 1.54) is 0 Å². The number of benzene rings is 1. The first kappa shape index (κ1) is 13.9. The predicted molar refractivity (Wildman–Crippen MR) is 76.3 cm³/mol. The second kappa shape index (κ2) is 6.10. The molecule has 0 aromatic heterocycles. The van der Waals surface area contributed by atoms with Crippen molar-refractivity contribution in [2.75, 3.05) is 18.8 Å². The van der Waals surface area contributed by atoms with Gasteiger partial charge in [-0.2, -0.15) is 0 Å². The fourth-order valence-corrected chi connectivity index (χ4v) is 2.75. The van der Waals surface area contributed by atoms with Gasteiger partial charge in [-0.25, -0.2) is 0 Å². The van der Waals surface area contributed by atoms with Crippen LogP contribution in [0.5, 0.6) is 0 Å². The molecule has 5 heteroatoms. The van der Waals surface area contributed by atoms with Crippen molar-refractivity contribution in [1.29, 1.82) is 0 Å². The molecule has 1 aromatic rings. The zero-order chi connectivity index (χ0) is 13.8. The first-order valence-corrected chi connectivity index (χ1v) is 7.43. The van der Waals surface area contributed by atoms with Crippen molar-refractivity contribution in [2.45, 2.75) is 24.8 Å². The standard InChI is InChI=1S/C14H18N2O2S/c1-3-19-12-6-4-11(5-7-12)14(18)16-9-8-15-13(17)10(16)2/h4-7,10H,3,8-9H2,1-2H3,(H,15,17). The van der Waals surface area contributed by atoms with Crippen LogP contribution in [0.4, 0.5) is 0 Å². The molecular formula is C14H18N2O2S. The lowest BCUT2D eigenvalue weighted by molar-refractivity contribution is -0.127. The highest BCUT2D eigenvalue weighted by molar-refractivity contribution is 7.99. The summed E-state index contributed by atoms with van der Waals surface area (Å²) in [5.74, 6) is 0.851. The van der Waals surface area contributed by atoms with Gasteiger partial charge in [0, 0.05) is 23.5 Å². The molecule has 1 N–H and O–H groups in total. The Kier molecular flexibility index (Phi) is 4.47. The third-order valence-corrected chi connectivity index (χ3v) is 4.07. The third-order valence-electron chi connectivity index (χ3n) is 3.17. The number of hydrogen-bond donors (Lipinski definition) is 1. The maximum absolute atomic E-state index is 12.4. The molecule has 2 rings (SSSR count). The molecule has 1 atom stereocenters. The van der Waals surface area contributed by atoms with Crippen molar-refractivity contribution in [3.8, 4) is 0 Å². The molecule has 19 heavy (non-hydrogen) atoms. The van der Waals surface area contributed by atoms with Crippen LogP contribution in [-0.2, 0) is 4.79 Å². The van der Waals surface area contributed by atoms with Gasteiger partial charge in [-0.3, -0.25) is 9.59 Å². The van der Waals surface area contributed by atoms with Gasteiger partial charge in [0.2, 0.25) is 5.91 Å². The summed E-state index contributed by atoms with van der Waals surface area (Å²) in [6, 6.07) is 7.18. The van der Waals surface area contributed by atoms with E-state index < -0.39 is 6.04 Å². The van der Waals surface area contributed by atoms with Crippen LogP contribution in [0.2, 0.25) is 0 Å². The number of carbonyl (C=O) groups excluding carboxylic acids is 2. The topological polar surface area (TPSA) is 49.4 Å². The minimum atomic E-state index is -0.397. The van der Waals surface area contributed by atoms with E-state index in [4.69, 9.17) is 0 Å². The fourth-order valence-electron chi connectivity index (χ4n) is 2.09. The molecule has 4 nitrogen and oxygen atoms in total. The maximum atomic E-state index is 12.4. The van der Waals surface area contributed by atoms with Crippen molar-refractivity contribution in [1.82, 2.24) is 10.2 Å². The predicted octanol–water partition coefficient (Wildman–Crippen LogP) is 1.76. The average Bonchev–Trinajstić information content (AvgIpc) is 2.42. The normalized spacial score (nSPS) is 19.2. The Morgan fingerprint density at radius 3 is 2.74 bits per heavy atom. The van der Waals surface area contributed by atoms with Gasteiger partial charge >= 0.3 is 0 Å². The van der Waals surface area contributed by atoms with Gasteiger partial charge in [0.15, 0.2) is 0 Å². The number of hydrogen-bond acceptors (Lipinski definition) is 3. The Bertz CT molecular complexity index is 473. The lowest BCUT2D eigenvalue weighted by atomic mass is 10.1. The quantitative estimate of drug-likeness (QED) is 0.857. The molecule has 102 valence electrons. The second-order valence-corrected chi connectivity index (χ2v) is 5.76. The lowest BCUT2D eigenvalue weighted by Crippen LogP contribution is -2.55. The van der Waals surface area contributed by atoms with Crippen molar-refractivity contribution in [3.63, 3.8) is 0 Å². The van der Waals surface area contributed by atoms with Crippen LogP contribution in [0.3, 0.4) is 0 Å². The molecule has 1 heterocycles. The monoisotopic (exact) mass is 278 g/mol. The first-order chi connectivity index (χ1) is 9.13. The van der Waals surface area contributed by atoms with Crippen LogP contribution in [0.25, 0.3) is 0 Å². The third kappa shape index (κ3) is 3.10. The number of nitrogens with one attached hydrogen (secondary N) is 1. The summed E-state index contributed by atoms with van der Waals surface area (Å²) < 4.78 is 0. The van der Waals surface area contributed by atoms with Crippen LogP contribution >= 0.6 is 11.8 Å². The Balaban J connectivity index is 2.12. The highest BCUT2D eigenvalue weighted by Crippen LogP contribution is 2.19. The van der Waals surface area contributed by atoms with Crippen LogP contribution in [-0.4, -0.2) is 41.6 Å². The summed E-state index contributed by atoms with van der Waals surface area (Å²) >= 11 is 1.74. The van der Waals surface area contributed by atoms with Crippen LogP contribution in [0.15, 0.2) is 29.2 Å². The van der Waals surface area contributed by atoms with Crippen molar-refractivity contribution in [2.24, 2.45) is 0 Å². The highest BCUT2D eigenvalue weighted by Gasteiger charge is 2.29. The van der Waals surface area contributed by atoms with Gasteiger partial charge in [0.1, 0.15) is 6.04 Å². The summed E-state index contributed by atoms with van der Waals surface area (Å²) in [7, 11) is 0. The minimum absolute atomic E-state index is 0.0737. The van der Waals surface area contributed by atoms with Gasteiger partial charge in [-0.1, -0.05) is 6.92 Å². The number of rotatable bonds is 3. The maximum Gasteiger partial charge on any atom is 0.254 e. The molecule has 1 saturated heterocycles. The molecule has 0 radical (unpaired) electrons. The summed E-state index contributed by atoms with van der Waals surface area (Å²) in [5.41, 5.74) is 0.641. The Morgan fingerprint density at radius 1 is 1.42 bits per heavy atom. The van der Waals surface area contributed by atoms with E-state index in [2.05, 4.69) is 12.2 Å². The molecule has 0 saturated carbocycles. The van der Waals surface area contributed by atoms with Crippen LogP contribution in [0.1, 0.15) is 24.2 Å². The highest BCUT2D eigenvalue weighted by atomic mass is 32.2. The van der Waals surface area contributed by atoms with Gasteiger partial charge < -0.3 is 10.2 Å². The number of piperazine rings is 1. The van der Waals surface area contributed by atoms with Gasteiger partial charge in [-0.15, -0.1) is 11.8 Å². The van der Waals surface area contributed by atoms with E-state index in [0.717, 1.165) is 10.6 Å². The largest absolute Gasteiger partial charge is 0.353 e. The van der Waals surface area contributed by atoms with Crippen LogP contribution < -0.4 is 5.32 Å². The van der Waals surface area contributed by atoms with E-state index in [1.807, 2.05) is 24.3 Å². The average molecular weight is 278 g/mol. The Morgan fingerprint density at radius 2 is 2.11 bits per heavy atom. The smallest absolute Gasteiger partial charge is 0.254 e. The summed E-state index contributed by atoms with van der Waals surface area (Å²) in [6.07, 6.45) is 0. The Hall–Kier alpha value is -1.49. The zero-order valence-corrected chi connectivity index (χ0v) is 12.0. The molecule has 0 aliphatic carbocycles. The van der Waals surface area contributed by atoms with Gasteiger partial charge in [-0.05, 0) is 36.9 Å². The van der Waals surface area contributed by atoms with E-state index in [0.29, 0.717) is 18.7 Å². The molecule has 0 bridgehead atoms. The molecule has 0 spiro atoms. The van der Waals surface area contributed by atoms with Crippen LogP contribution in [0, 0.1) is 0 Å². The molecule has 1 aliphatic rings. The van der Waals surface area contributed by atoms with E-state index >= 15 is 0 Å². The Labute approximate surface area is 117 Å². The van der Waals surface area contributed by atoms with E-state index in [-0.39, 0.29) is 11.8 Å². The van der Waals surface area contributed by atoms with Gasteiger partial charge in [0.25, 0.3) is 5.91 Å². The molecule has 1 aromatic carbocycles. The zero-order valence-electron chi connectivity index (χ0n) is 11.2. The van der Waals surface area contributed by atoms with Gasteiger partial charge in [0.05, 0.1) is 0 Å². The van der Waals surface area contributed by atoms with E-state index in [1.54, 1.807) is 23.6 Å². The van der Waals surface area contributed by atoms with Crippen molar-refractivity contribution >= 4 is 23.6 Å². The minimum Gasteiger partial charge on any atom is -0.353 e. The molecule has 1 fully saturated rings. The number of nitrogens with zero attached hydrogens (tertiary/aromatic N) is 1. The number of thioether (sulfide) groups is 1. The number of amides is 2. The molecule has 1 aliphatic heterocycles. The van der Waals surface area contributed by atoms with E-state index in [9.17, 15) is 9.59 Å². The summed E-state index contributed by atoms with van der Waals surface area (Å²) in [6.45, 7) is 4.95. The fraction of sp³-hybridized carbons (Fsp3) is 0.429. The SMILES string of the molecule is CCSc1ccc(C(=O)N2CCNC(=O)C2C)cc1. The molecule has 2 amide bonds. The van der Waals surface area contributed by atoms with Crippen molar-refractivity contribution in [3.05, 3.63) is 29.8 Å². The molecule has 1 unspecified atom stereocenters. The summed E-state index contributed by atoms with van der Waals surface area (Å²) in [4.78, 5) is 26.7.